The Bertz CT molecular complexity index is 521. The van der Waals surface area contributed by atoms with Gasteiger partial charge in [-0.25, -0.2) is 0 Å². The summed E-state index contributed by atoms with van der Waals surface area (Å²) in [7, 11) is 0. The summed E-state index contributed by atoms with van der Waals surface area (Å²) in [6.07, 6.45) is 5.36. The molecule has 1 unspecified atom stereocenters. The largest absolute Gasteiger partial charge is 0.469 e. The monoisotopic (exact) mass is 261 g/mol. The van der Waals surface area contributed by atoms with Gasteiger partial charge in [-0.05, 0) is 44.4 Å². The molecule has 96 valence electrons. The summed E-state index contributed by atoms with van der Waals surface area (Å²) in [4.78, 5) is 2.86. The van der Waals surface area contributed by atoms with Gasteiger partial charge in [0, 0.05) is 34.3 Å². The topological polar surface area (TPSA) is 25.2 Å². The molecule has 0 spiro atoms. The third kappa shape index (κ3) is 2.25. The molecule has 1 aliphatic rings. The van der Waals surface area contributed by atoms with Gasteiger partial charge in [0.25, 0.3) is 0 Å². The standard InChI is InChI=1S/C15H19NOS/c1-10-8-12(18-11(10)2)9-16-14-4-3-5-15-13(14)6-7-17-15/h6-8,14,16H,3-5,9H2,1-2H3. The first-order valence-electron chi connectivity index (χ1n) is 6.59. The summed E-state index contributed by atoms with van der Waals surface area (Å²) in [5.74, 6) is 1.18. The van der Waals surface area contributed by atoms with E-state index >= 15 is 0 Å². The van der Waals surface area contributed by atoms with Crippen molar-refractivity contribution in [2.45, 2.75) is 45.7 Å². The second-order valence-electron chi connectivity index (χ2n) is 5.08. The lowest BCUT2D eigenvalue weighted by Crippen LogP contribution is -2.23. The predicted octanol–water partition coefficient (Wildman–Crippen LogP) is 4.13. The van der Waals surface area contributed by atoms with Crippen LogP contribution < -0.4 is 5.32 Å². The lowest BCUT2D eigenvalue weighted by Gasteiger charge is -2.22. The first-order chi connectivity index (χ1) is 8.74. The van der Waals surface area contributed by atoms with Crippen molar-refractivity contribution in [3.05, 3.63) is 45.0 Å². The normalized spacial score (nSPS) is 18.9. The maximum atomic E-state index is 5.52. The van der Waals surface area contributed by atoms with Crippen molar-refractivity contribution in [3.63, 3.8) is 0 Å². The third-order valence-corrected chi connectivity index (χ3v) is 4.94. The smallest absolute Gasteiger partial charge is 0.108 e. The molecule has 0 amide bonds. The van der Waals surface area contributed by atoms with E-state index in [-0.39, 0.29) is 0 Å². The number of hydrogen-bond donors (Lipinski definition) is 1. The maximum absolute atomic E-state index is 5.52. The predicted molar refractivity (Wildman–Crippen MR) is 75.0 cm³/mol. The van der Waals surface area contributed by atoms with Crippen molar-refractivity contribution in [1.29, 1.82) is 0 Å². The maximum Gasteiger partial charge on any atom is 0.108 e. The fourth-order valence-electron chi connectivity index (χ4n) is 2.66. The van der Waals surface area contributed by atoms with Crippen LogP contribution in [-0.4, -0.2) is 0 Å². The highest BCUT2D eigenvalue weighted by Gasteiger charge is 2.22. The molecule has 0 aliphatic heterocycles. The molecule has 1 aliphatic carbocycles. The molecule has 0 saturated carbocycles. The van der Waals surface area contributed by atoms with Crippen LogP contribution in [0.2, 0.25) is 0 Å². The van der Waals surface area contributed by atoms with Crippen molar-refractivity contribution in [3.8, 4) is 0 Å². The van der Waals surface area contributed by atoms with E-state index in [0.29, 0.717) is 6.04 Å². The Balaban J connectivity index is 1.68. The molecule has 1 atom stereocenters. The Kier molecular flexibility index (Phi) is 3.27. The zero-order valence-electron chi connectivity index (χ0n) is 11.0. The van der Waals surface area contributed by atoms with Gasteiger partial charge in [0.15, 0.2) is 0 Å². The summed E-state index contributed by atoms with van der Waals surface area (Å²) in [6, 6.07) is 4.89. The van der Waals surface area contributed by atoms with Gasteiger partial charge in [-0.15, -0.1) is 11.3 Å². The van der Waals surface area contributed by atoms with Crippen LogP contribution in [0.5, 0.6) is 0 Å². The Morgan fingerprint density at radius 1 is 1.44 bits per heavy atom. The first-order valence-corrected chi connectivity index (χ1v) is 7.41. The van der Waals surface area contributed by atoms with E-state index in [4.69, 9.17) is 4.42 Å². The van der Waals surface area contributed by atoms with Crippen LogP contribution in [-0.2, 0) is 13.0 Å². The van der Waals surface area contributed by atoms with Gasteiger partial charge in [-0.1, -0.05) is 0 Å². The molecule has 3 heteroatoms. The zero-order valence-corrected chi connectivity index (χ0v) is 11.8. The number of thiophene rings is 1. The average molecular weight is 261 g/mol. The highest BCUT2D eigenvalue weighted by molar-refractivity contribution is 7.12. The second-order valence-corrected chi connectivity index (χ2v) is 6.42. The van der Waals surface area contributed by atoms with Crippen molar-refractivity contribution >= 4 is 11.3 Å². The Morgan fingerprint density at radius 3 is 3.11 bits per heavy atom. The number of nitrogens with one attached hydrogen (secondary N) is 1. The lowest BCUT2D eigenvalue weighted by atomic mass is 9.93. The molecular weight excluding hydrogens is 242 g/mol. The van der Waals surface area contributed by atoms with Crippen molar-refractivity contribution in [2.24, 2.45) is 0 Å². The van der Waals surface area contributed by atoms with Gasteiger partial charge in [0.1, 0.15) is 5.76 Å². The molecule has 0 aromatic carbocycles. The fraction of sp³-hybridized carbons (Fsp3) is 0.467. The molecule has 2 aromatic rings. The van der Waals surface area contributed by atoms with Crippen LogP contribution in [0.15, 0.2) is 22.8 Å². The van der Waals surface area contributed by atoms with E-state index in [9.17, 15) is 0 Å². The minimum atomic E-state index is 0.468. The molecule has 3 rings (SSSR count). The van der Waals surface area contributed by atoms with E-state index in [1.54, 1.807) is 0 Å². The summed E-state index contributed by atoms with van der Waals surface area (Å²) < 4.78 is 5.52. The Labute approximate surface area is 112 Å². The number of aryl methyl sites for hydroxylation is 3. The van der Waals surface area contributed by atoms with Gasteiger partial charge in [-0.3, -0.25) is 0 Å². The average Bonchev–Trinajstić information content (AvgIpc) is 2.94. The van der Waals surface area contributed by atoms with Crippen molar-refractivity contribution in [1.82, 2.24) is 5.32 Å². The van der Waals surface area contributed by atoms with Crippen LogP contribution >= 0.6 is 11.3 Å². The first kappa shape index (κ1) is 12.0. The van der Waals surface area contributed by atoms with Crippen molar-refractivity contribution in [2.75, 3.05) is 0 Å². The number of rotatable bonds is 3. The summed E-state index contributed by atoms with van der Waals surface area (Å²) >= 11 is 1.90. The van der Waals surface area contributed by atoms with Crippen LogP contribution in [0.25, 0.3) is 0 Å². The SMILES string of the molecule is Cc1cc(CNC2CCCc3occc32)sc1C. The summed E-state index contributed by atoms with van der Waals surface area (Å²) in [5, 5.41) is 3.67. The van der Waals surface area contributed by atoms with Gasteiger partial charge in [-0.2, -0.15) is 0 Å². The minimum Gasteiger partial charge on any atom is -0.469 e. The summed E-state index contributed by atoms with van der Waals surface area (Å²) in [6.45, 7) is 5.34. The van der Waals surface area contributed by atoms with E-state index in [1.165, 1.54) is 39.5 Å². The molecule has 0 saturated heterocycles. The number of fused-ring (bicyclic) bond motifs is 1. The second kappa shape index (κ2) is 4.90. The number of furan rings is 1. The minimum absolute atomic E-state index is 0.468. The van der Waals surface area contributed by atoms with Gasteiger partial charge >= 0.3 is 0 Å². The van der Waals surface area contributed by atoms with E-state index in [0.717, 1.165) is 13.0 Å². The third-order valence-electron chi connectivity index (χ3n) is 3.79. The van der Waals surface area contributed by atoms with Crippen LogP contribution in [0, 0.1) is 13.8 Å². The molecule has 0 bridgehead atoms. The van der Waals surface area contributed by atoms with Crippen LogP contribution in [0.4, 0.5) is 0 Å². The lowest BCUT2D eigenvalue weighted by molar-refractivity contribution is 0.411. The molecular formula is C15H19NOS. The van der Waals surface area contributed by atoms with Crippen LogP contribution in [0.1, 0.15) is 45.5 Å². The Hall–Kier alpha value is -1.06. The molecule has 2 heterocycles. The van der Waals surface area contributed by atoms with Gasteiger partial charge in [0.2, 0.25) is 0 Å². The summed E-state index contributed by atoms with van der Waals surface area (Å²) in [5.41, 5.74) is 2.77. The fourth-order valence-corrected chi connectivity index (χ4v) is 3.66. The van der Waals surface area contributed by atoms with E-state index in [1.807, 2.05) is 17.6 Å². The number of hydrogen-bond acceptors (Lipinski definition) is 3. The molecule has 2 aromatic heterocycles. The van der Waals surface area contributed by atoms with Gasteiger partial charge < -0.3 is 9.73 Å². The van der Waals surface area contributed by atoms with E-state index < -0.39 is 0 Å². The molecule has 2 nitrogen and oxygen atoms in total. The molecule has 1 N–H and O–H groups in total. The highest BCUT2D eigenvalue weighted by atomic mass is 32.1. The molecule has 0 radical (unpaired) electrons. The van der Waals surface area contributed by atoms with Gasteiger partial charge in [0.05, 0.1) is 6.26 Å². The quantitative estimate of drug-likeness (QED) is 0.899. The van der Waals surface area contributed by atoms with Crippen LogP contribution in [0.3, 0.4) is 0 Å². The van der Waals surface area contributed by atoms with E-state index in [2.05, 4.69) is 31.3 Å². The van der Waals surface area contributed by atoms with Crippen molar-refractivity contribution < 1.29 is 4.42 Å². The zero-order chi connectivity index (χ0) is 12.5. The molecule has 18 heavy (non-hydrogen) atoms. The highest BCUT2D eigenvalue weighted by Crippen LogP contribution is 2.31. The molecule has 0 fully saturated rings. The Morgan fingerprint density at radius 2 is 2.33 bits per heavy atom.